The molecule has 0 radical (unpaired) electrons. The van der Waals surface area contributed by atoms with Gasteiger partial charge in [0.2, 0.25) is 0 Å². The third kappa shape index (κ3) is 2.91. The fraction of sp³-hybridized carbons (Fsp3) is 0.250. The quantitative estimate of drug-likeness (QED) is 0.805. The zero-order valence-corrected chi connectivity index (χ0v) is 12.5. The highest BCUT2D eigenvalue weighted by molar-refractivity contribution is 6.30. The fourth-order valence-electron chi connectivity index (χ4n) is 2.49. The monoisotopic (exact) mass is 300 g/mol. The minimum atomic E-state index is -0.0363. The summed E-state index contributed by atoms with van der Waals surface area (Å²) in [6.45, 7) is 2.00. The summed E-state index contributed by atoms with van der Waals surface area (Å²) < 4.78 is 1.93. The van der Waals surface area contributed by atoms with Crippen molar-refractivity contribution >= 4 is 22.6 Å². The Hall–Kier alpha value is -1.91. The van der Waals surface area contributed by atoms with Crippen LogP contribution in [-0.2, 0) is 6.42 Å². The minimum Gasteiger partial charge on any atom is -0.326 e. The molecule has 108 valence electrons. The summed E-state index contributed by atoms with van der Waals surface area (Å²) in [5.41, 5.74) is 9.26. The number of nitrogens with two attached hydrogens (primary N) is 1. The predicted molar refractivity (Wildman–Crippen MR) is 85.4 cm³/mol. The molecule has 0 spiro atoms. The molecule has 2 aromatic carbocycles. The highest BCUT2D eigenvalue weighted by atomic mass is 35.5. The number of rotatable bonds is 4. The molecule has 2 atom stereocenters. The minimum absolute atomic E-state index is 0.0363. The van der Waals surface area contributed by atoms with E-state index in [0.29, 0.717) is 0 Å². The Kier molecular flexibility index (Phi) is 3.90. The summed E-state index contributed by atoms with van der Waals surface area (Å²) in [5, 5.41) is 9.24. The van der Waals surface area contributed by atoms with Crippen LogP contribution in [-0.4, -0.2) is 21.0 Å². The lowest BCUT2D eigenvalue weighted by Gasteiger charge is -2.21. The molecule has 0 saturated carbocycles. The maximum Gasteiger partial charge on any atom is 0.113 e. The lowest BCUT2D eigenvalue weighted by molar-refractivity contribution is 0.393. The first-order valence-electron chi connectivity index (χ1n) is 6.95. The van der Waals surface area contributed by atoms with Crippen molar-refractivity contribution in [2.45, 2.75) is 25.4 Å². The average Bonchev–Trinajstić information content (AvgIpc) is 2.90. The Bertz CT molecular complexity index is 733. The number of aromatic nitrogens is 3. The molecule has 21 heavy (non-hydrogen) atoms. The van der Waals surface area contributed by atoms with Crippen LogP contribution in [0.1, 0.15) is 18.5 Å². The van der Waals surface area contributed by atoms with Gasteiger partial charge in [-0.25, -0.2) is 4.68 Å². The Morgan fingerprint density at radius 1 is 1.14 bits per heavy atom. The molecule has 1 heterocycles. The molecule has 0 aliphatic carbocycles. The van der Waals surface area contributed by atoms with Crippen molar-refractivity contribution < 1.29 is 0 Å². The van der Waals surface area contributed by atoms with Crippen LogP contribution in [0.4, 0.5) is 0 Å². The number of para-hydroxylation sites is 1. The van der Waals surface area contributed by atoms with Crippen LogP contribution in [0.5, 0.6) is 0 Å². The summed E-state index contributed by atoms with van der Waals surface area (Å²) in [5.74, 6) is 0. The zero-order chi connectivity index (χ0) is 14.8. The van der Waals surface area contributed by atoms with Gasteiger partial charge in [-0.3, -0.25) is 0 Å². The van der Waals surface area contributed by atoms with Crippen molar-refractivity contribution in [1.29, 1.82) is 0 Å². The second kappa shape index (κ2) is 5.84. The molecular formula is C16H17ClN4. The van der Waals surface area contributed by atoms with Crippen molar-refractivity contribution in [2.75, 3.05) is 0 Å². The number of nitrogens with zero attached hydrogens (tertiary/aromatic N) is 3. The van der Waals surface area contributed by atoms with Crippen LogP contribution in [0.3, 0.4) is 0 Å². The molecule has 0 aliphatic rings. The Morgan fingerprint density at radius 3 is 2.57 bits per heavy atom. The Balaban J connectivity index is 1.96. The number of fused-ring (bicyclic) bond motifs is 1. The molecule has 0 unspecified atom stereocenters. The van der Waals surface area contributed by atoms with Gasteiger partial charge in [-0.05, 0) is 43.2 Å². The van der Waals surface area contributed by atoms with Gasteiger partial charge < -0.3 is 5.73 Å². The van der Waals surface area contributed by atoms with Gasteiger partial charge in [-0.2, -0.15) is 0 Å². The molecule has 0 amide bonds. The predicted octanol–water partition coefficient (Wildman–Crippen LogP) is 3.22. The summed E-state index contributed by atoms with van der Waals surface area (Å²) in [6, 6.07) is 15.8. The highest BCUT2D eigenvalue weighted by Crippen LogP contribution is 2.22. The van der Waals surface area contributed by atoms with E-state index in [1.807, 2.05) is 60.1 Å². The normalized spacial score (nSPS) is 14.2. The van der Waals surface area contributed by atoms with E-state index in [-0.39, 0.29) is 12.1 Å². The third-order valence-electron chi connectivity index (χ3n) is 3.66. The maximum atomic E-state index is 6.18. The molecule has 2 N–H and O–H groups in total. The van der Waals surface area contributed by atoms with Gasteiger partial charge in [-0.1, -0.05) is 41.1 Å². The lowest BCUT2D eigenvalue weighted by Crippen LogP contribution is -2.31. The zero-order valence-electron chi connectivity index (χ0n) is 11.8. The number of hydrogen-bond donors (Lipinski definition) is 1. The van der Waals surface area contributed by atoms with Gasteiger partial charge in [0.1, 0.15) is 5.52 Å². The van der Waals surface area contributed by atoms with E-state index >= 15 is 0 Å². The lowest BCUT2D eigenvalue weighted by atomic mass is 10.0. The summed E-state index contributed by atoms with van der Waals surface area (Å²) in [7, 11) is 0. The number of halogens is 1. The summed E-state index contributed by atoms with van der Waals surface area (Å²) in [4.78, 5) is 0. The van der Waals surface area contributed by atoms with Crippen LogP contribution in [0.15, 0.2) is 48.5 Å². The third-order valence-corrected chi connectivity index (χ3v) is 3.91. The van der Waals surface area contributed by atoms with Crippen molar-refractivity contribution in [3.05, 3.63) is 59.1 Å². The highest BCUT2D eigenvalue weighted by Gasteiger charge is 2.20. The summed E-state index contributed by atoms with van der Waals surface area (Å²) in [6.07, 6.45) is 0.794. The van der Waals surface area contributed by atoms with E-state index in [9.17, 15) is 0 Å². The van der Waals surface area contributed by atoms with E-state index in [1.54, 1.807) is 0 Å². The molecule has 4 nitrogen and oxygen atoms in total. The first kappa shape index (κ1) is 14.0. The smallest absolute Gasteiger partial charge is 0.113 e. The molecule has 3 aromatic rings. The van der Waals surface area contributed by atoms with Crippen LogP contribution < -0.4 is 5.73 Å². The van der Waals surface area contributed by atoms with Crippen LogP contribution in [0, 0.1) is 0 Å². The van der Waals surface area contributed by atoms with Gasteiger partial charge in [-0.15, -0.1) is 5.10 Å². The second-order valence-electron chi connectivity index (χ2n) is 5.28. The molecule has 0 bridgehead atoms. The van der Waals surface area contributed by atoms with E-state index in [4.69, 9.17) is 17.3 Å². The van der Waals surface area contributed by atoms with Gasteiger partial charge in [0.15, 0.2) is 0 Å². The van der Waals surface area contributed by atoms with E-state index in [2.05, 4.69) is 10.3 Å². The van der Waals surface area contributed by atoms with E-state index in [0.717, 1.165) is 22.5 Å². The van der Waals surface area contributed by atoms with Gasteiger partial charge >= 0.3 is 0 Å². The van der Waals surface area contributed by atoms with E-state index < -0.39 is 0 Å². The average molecular weight is 301 g/mol. The van der Waals surface area contributed by atoms with Crippen LogP contribution in [0.25, 0.3) is 11.0 Å². The molecule has 0 saturated heterocycles. The maximum absolute atomic E-state index is 6.18. The molecule has 0 fully saturated rings. The number of hydrogen-bond acceptors (Lipinski definition) is 3. The SMILES string of the molecule is C[C@@H](N)[C@H](Cc1ccc(Cl)cc1)n1nnc2ccccc21. The van der Waals surface area contributed by atoms with Gasteiger partial charge in [0, 0.05) is 11.1 Å². The molecule has 1 aromatic heterocycles. The topological polar surface area (TPSA) is 56.7 Å². The molecular weight excluding hydrogens is 284 g/mol. The Morgan fingerprint density at radius 2 is 1.86 bits per heavy atom. The molecule has 5 heteroatoms. The van der Waals surface area contributed by atoms with Crippen molar-refractivity contribution in [3.8, 4) is 0 Å². The summed E-state index contributed by atoms with van der Waals surface area (Å²) >= 11 is 5.94. The molecule has 3 rings (SSSR count). The largest absolute Gasteiger partial charge is 0.326 e. The first-order valence-corrected chi connectivity index (χ1v) is 7.33. The molecule has 0 aliphatic heterocycles. The fourth-order valence-corrected chi connectivity index (χ4v) is 2.62. The standard InChI is InChI=1S/C16H17ClN4/c1-11(18)16(10-12-6-8-13(17)9-7-12)21-15-5-3-2-4-14(15)19-20-21/h2-9,11,16H,10,18H2,1H3/t11-,16+/m1/s1. The Labute approximate surface area is 128 Å². The van der Waals surface area contributed by atoms with E-state index in [1.165, 1.54) is 5.56 Å². The van der Waals surface area contributed by atoms with Crippen LogP contribution in [0.2, 0.25) is 5.02 Å². The van der Waals surface area contributed by atoms with Gasteiger partial charge in [0.05, 0.1) is 11.6 Å². The van der Waals surface area contributed by atoms with Crippen molar-refractivity contribution in [3.63, 3.8) is 0 Å². The van der Waals surface area contributed by atoms with Crippen molar-refractivity contribution in [1.82, 2.24) is 15.0 Å². The number of benzene rings is 2. The van der Waals surface area contributed by atoms with Gasteiger partial charge in [0.25, 0.3) is 0 Å². The second-order valence-corrected chi connectivity index (χ2v) is 5.72. The first-order chi connectivity index (χ1) is 10.1. The van der Waals surface area contributed by atoms with Crippen molar-refractivity contribution in [2.24, 2.45) is 5.73 Å². The van der Waals surface area contributed by atoms with Crippen LogP contribution >= 0.6 is 11.6 Å².